The monoisotopic (exact) mass is 290 g/mol. The van der Waals surface area contributed by atoms with Crippen LogP contribution in [0.3, 0.4) is 0 Å². The third-order valence-electron chi connectivity index (χ3n) is 2.53. The molecule has 0 aromatic rings. The maximum Gasteiger partial charge on any atom is 0.334 e. The Labute approximate surface area is 105 Å². The van der Waals surface area contributed by atoms with Gasteiger partial charge >= 0.3 is 5.97 Å². The van der Waals surface area contributed by atoms with E-state index in [4.69, 9.17) is 9.47 Å². The molecule has 0 bridgehead atoms. The summed E-state index contributed by atoms with van der Waals surface area (Å²) in [5, 5.41) is 0.547. The van der Waals surface area contributed by atoms with Crippen LogP contribution in [0.5, 0.6) is 0 Å². The highest BCUT2D eigenvalue weighted by Crippen LogP contribution is 2.13. The standard InChI is InChI=1S/C12H19BrO3/c1-2-5-10(8-13)12(14)16-9-11-6-3-4-7-15-11/h5,11H,2-4,6-9H2,1H3/b10-5+. The molecule has 1 saturated heterocycles. The Morgan fingerprint density at radius 1 is 1.56 bits per heavy atom. The van der Waals surface area contributed by atoms with Gasteiger partial charge < -0.3 is 9.47 Å². The normalized spacial score (nSPS) is 21.9. The maximum atomic E-state index is 11.6. The van der Waals surface area contributed by atoms with Crippen molar-refractivity contribution in [1.82, 2.24) is 0 Å². The maximum absolute atomic E-state index is 11.6. The molecule has 1 rings (SSSR count). The molecule has 0 radical (unpaired) electrons. The lowest BCUT2D eigenvalue weighted by atomic mass is 10.1. The summed E-state index contributed by atoms with van der Waals surface area (Å²) >= 11 is 3.28. The molecule has 1 atom stereocenters. The highest BCUT2D eigenvalue weighted by molar-refractivity contribution is 9.09. The summed E-state index contributed by atoms with van der Waals surface area (Å²) in [5.41, 5.74) is 0.693. The summed E-state index contributed by atoms with van der Waals surface area (Å²) in [6.07, 6.45) is 6.10. The van der Waals surface area contributed by atoms with E-state index in [0.29, 0.717) is 17.5 Å². The van der Waals surface area contributed by atoms with E-state index in [-0.39, 0.29) is 12.1 Å². The highest BCUT2D eigenvalue weighted by Gasteiger charge is 2.17. The summed E-state index contributed by atoms with van der Waals surface area (Å²) in [6.45, 7) is 3.17. The van der Waals surface area contributed by atoms with Gasteiger partial charge in [-0.2, -0.15) is 0 Å². The molecule has 1 aliphatic rings. The summed E-state index contributed by atoms with van der Waals surface area (Å²) in [7, 11) is 0. The third-order valence-corrected chi connectivity index (χ3v) is 3.14. The number of alkyl halides is 1. The summed E-state index contributed by atoms with van der Waals surface area (Å²) < 4.78 is 10.7. The van der Waals surface area contributed by atoms with E-state index < -0.39 is 0 Å². The van der Waals surface area contributed by atoms with E-state index in [1.165, 1.54) is 0 Å². The Morgan fingerprint density at radius 2 is 2.38 bits per heavy atom. The molecule has 0 spiro atoms. The number of allylic oxidation sites excluding steroid dienone is 1. The lowest BCUT2D eigenvalue weighted by molar-refractivity contribution is -0.144. The van der Waals surface area contributed by atoms with Gasteiger partial charge in [0.2, 0.25) is 0 Å². The number of ether oxygens (including phenoxy) is 2. The predicted molar refractivity (Wildman–Crippen MR) is 66.7 cm³/mol. The van der Waals surface area contributed by atoms with E-state index in [0.717, 1.165) is 32.3 Å². The lowest BCUT2D eigenvalue weighted by Crippen LogP contribution is -2.26. The number of carbonyl (C=O) groups is 1. The summed E-state index contributed by atoms with van der Waals surface area (Å²) in [5.74, 6) is -0.229. The molecule has 0 aliphatic carbocycles. The molecule has 1 aliphatic heterocycles. The molecule has 0 amide bonds. The molecule has 16 heavy (non-hydrogen) atoms. The van der Waals surface area contributed by atoms with Gasteiger partial charge in [-0.05, 0) is 25.7 Å². The number of halogens is 1. The first-order chi connectivity index (χ1) is 7.77. The zero-order valence-electron chi connectivity index (χ0n) is 9.71. The Kier molecular flexibility index (Phi) is 6.73. The molecule has 0 aromatic carbocycles. The smallest absolute Gasteiger partial charge is 0.334 e. The minimum Gasteiger partial charge on any atom is -0.460 e. The Hall–Kier alpha value is -0.350. The second-order valence-electron chi connectivity index (χ2n) is 3.86. The minimum absolute atomic E-state index is 0.0934. The number of rotatable bonds is 5. The van der Waals surface area contributed by atoms with Gasteiger partial charge in [-0.25, -0.2) is 4.79 Å². The van der Waals surface area contributed by atoms with Crippen LogP contribution in [0.1, 0.15) is 32.6 Å². The van der Waals surface area contributed by atoms with Crippen molar-refractivity contribution in [2.45, 2.75) is 38.7 Å². The third kappa shape index (κ3) is 4.66. The first-order valence-corrected chi connectivity index (χ1v) is 6.93. The van der Waals surface area contributed by atoms with Gasteiger partial charge in [0.05, 0.1) is 6.10 Å². The van der Waals surface area contributed by atoms with Gasteiger partial charge in [-0.3, -0.25) is 0 Å². The molecule has 0 aromatic heterocycles. The molecule has 92 valence electrons. The van der Waals surface area contributed by atoms with Crippen LogP contribution in [-0.4, -0.2) is 30.6 Å². The SMILES string of the molecule is CC/C=C(\CBr)C(=O)OCC1CCCCO1. The number of esters is 1. The summed E-state index contributed by atoms with van der Waals surface area (Å²) in [6, 6.07) is 0. The van der Waals surface area contributed by atoms with Gasteiger partial charge in [-0.15, -0.1) is 0 Å². The molecule has 1 unspecified atom stereocenters. The first kappa shape index (κ1) is 13.7. The average molecular weight is 291 g/mol. The van der Waals surface area contributed by atoms with Gasteiger partial charge in [-0.1, -0.05) is 28.9 Å². The van der Waals surface area contributed by atoms with Crippen molar-refractivity contribution in [3.63, 3.8) is 0 Å². The average Bonchev–Trinajstić information content (AvgIpc) is 2.34. The van der Waals surface area contributed by atoms with E-state index >= 15 is 0 Å². The number of hydrogen-bond acceptors (Lipinski definition) is 3. The molecule has 3 nitrogen and oxygen atoms in total. The number of carbonyl (C=O) groups excluding carboxylic acids is 1. The van der Waals surface area contributed by atoms with Crippen LogP contribution in [0.25, 0.3) is 0 Å². The van der Waals surface area contributed by atoms with Gasteiger partial charge in [0.25, 0.3) is 0 Å². The van der Waals surface area contributed by atoms with Crippen molar-refractivity contribution in [3.05, 3.63) is 11.6 Å². The van der Waals surface area contributed by atoms with E-state index in [2.05, 4.69) is 15.9 Å². The Balaban J connectivity index is 2.30. The minimum atomic E-state index is -0.229. The fourth-order valence-corrected chi connectivity index (χ4v) is 2.10. The number of hydrogen-bond donors (Lipinski definition) is 0. The zero-order valence-corrected chi connectivity index (χ0v) is 11.3. The van der Waals surface area contributed by atoms with Crippen molar-refractivity contribution >= 4 is 21.9 Å². The van der Waals surface area contributed by atoms with Crippen molar-refractivity contribution in [3.8, 4) is 0 Å². The van der Waals surface area contributed by atoms with Crippen LogP contribution >= 0.6 is 15.9 Å². The van der Waals surface area contributed by atoms with Gasteiger partial charge in [0, 0.05) is 17.5 Å². The van der Waals surface area contributed by atoms with Crippen LogP contribution < -0.4 is 0 Å². The fraction of sp³-hybridized carbons (Fsp3) is 0.750. The largest absolute Gasteiger partial charge is 0.460 e. The molecular weight excluding hydrogens is 272 g/mol. The van der Waals surface area contributed by atoms with Crippen LogP contribution in [0.2, 0.25) is 0 Å². The highest BCUT2D eigenvalue weighted by atomic mass is 79.9. The first-order valence-electron chi connectivity index (χ1n) is 5.81. The molecule has 4 heteroatoms. The summed E-state index contributed by atoms with van der Waals surface area (Å²) in [4.78, 5) is 11.6. The van der Waals surface area contributed by atoms with E-state index in [9.17, 15) is 4.79 Å². The topological polar surface area (TPSA) is 35.5 Å². The molecule has 0 N–H and O–H groups in total. The lowest BCUT2D eigenvalue weighted by Gasteiger charge is -2.22. The van der Waals surface area contributed by atoms with E-state index in [1.54, 1.807) is 0 Å². The van der Waals surface area contributed by atoms with Gasteiger partial charge in [0.15, 0.2) is 0 Å². The van der Waals surface area contributed by atoms with Crippen molar-refractivity contribution in [2.75, 3.05) is 18.5 Å². The molecular formula is C12H19BrO3. The van der Waals surface area contributed by atoms with E-state index in [1.807, 2.05) is 13.0 Å². The Morgan fingerprint density at radius 3 is 2.94 bits per heavy atom. The second kappa shape index (κ2) is 7.85. The van der Waals surface area contributed by atoms with Crippen molar-refractivity contribution in [2.24, 2.45) is 0 Å². The van der Waals surface area contributed by atoms with Crippen molar-refractivity contribution in [1.29, 1.82) is 0 Å². The fourth-order valence-electron chi connectivity index (χ4n) is 1.64. The van der Waals surface area contributed by atoms with Crippen LogP contribution in [0.15, 0.2) is 11.6 Å². The predicted octanol–water partition coefficient (Wildman–Crippen LogP) is 2.83. The quantitative estimate of drug-likeness (QED) is 0.444. The molecule has 0 saturated carbocycles. The zero-order chi connectivity index (χ0) is 11.8. The van der Waals surface area contributed by atoms with Crippen molar-refractivity contribution < 1.29 is 14.3 Å². The second-order valence-corrected chi connectivity index (χ2v) is 4.42. The Bertz CT molecular complexity index is 245. The van der Waals surface area contributed by atoms with Gasteiger partial charge in [0.1, 0.15) is 6.61 Å². The van der Waals surface area contributed by atoms with Crippen LogP contribution in [0, 0.1) is 0 Å². The van der Waals surface area contributed by atoms with Crippen LogP contribution in [0.4, 0.5) is 0 Å². The van der Waals surface area contributed by atoms with Crippen LogP contribution in [-0.2, 0) is 14.3 Å². The molecule has 1 fully saturated rings. The molecule has 1 heterocycles.